The molecular weight excluding hydrogens is 142 g/mol. The van der Waals surface area contributed by atoms with Gasteiger partial charge in [0.05, 0.1) is 0 Å². The molecule has 0 radical (unpaired) electrons. The molecule has 0 spiro atoms. The predicted molar refractivity (Wildman–Crippen MR) is 44.2 cm³/mol. The summed E-state index contributed by atoms with van der Waals surface area (Å²) in [4.78, 5) is 12.3. The Balaban J connectivity index is 0.000000218. The lowest BCUT2D eigenvalue weighted by atomic mass is 10.4. The molecule has 0 aromatic carbocycles. The van der Waals surface area contributed by atoms with Crippen LogP contribution in [0.5, 0.6) is 0 Å². The van der Waals surface area contributed by atoms with Gasteiger partial charge < -0.3 is 10.0 Å². The minimum absolute atomic E-state index is 0.292. The monoisotopic (exact) mass is 159 g/mol. The van der Waals surface area contributed by atoms with Crippen molar-refractivity contribution in [3.8, 4) is 0 Å². The first kappa shape index (κ1) is 10.4. The second kappa shape index (κ2) is 6.16. The first-order valence-corrected chi connectivity index (χ1v) is 4.07. The Hall–Kier alpha value is -0.570. The maximum Gasteiger partial charge on any atom is 0.222 e. The van der Waals surface area contributed by atoms with E-state index in [1.807, 2.05) is 14.0 Å². The van der Waals surface area contributed by atoms with Crippen molar-refractivity contribution < 1.29 is 9.90 Å². The van der Waals surface area contributed by atoms with Crippen LogP contribution in [0.1, 0.15) is 26.2 Å². The van der Waals surface area contributed by atoms with Gasteiger partial charge in [0.25, 0.3) is 0 Å². The predicted octanol–water partition coefficient (Wildman–Crippen LogP) is 0.627. The van der Waals surface area contributed by atoms with Crippen LogP contribution in [0.2, 0.25) is 0 Å². The molecule has 1 fully saturated rings. The summed E-state index contributed by atoms with van der Waals surface area (Å²) in [5.41, 5.74) is 0. The van der Waals surface area contributed by atoms with Crippen LogP contribution in [-0.4, -0.2) is 36.1 Å². The number of carbonyl (C=O) groups is 1. The van der Waals surface area contributed by atoms with E-state index in [1.54, 1.807) is 4.90 Å². The van der Waals surface area contributed by atoms with Crippen molar-refractivity contribution in [3.63, 3.8) is 0 Å². The number of rotatable bonds is 1. The van der Waals surface area contributed by atoms with Gasteiger partial charge >= 0.3 is 0 Å². The second-order valence-electron chi connectivity index (χ2n) is 2.64. The minimum Gasteiger partial charge on any atom is -0.396 e. The fraction of sp³-hybridized carbons (Fsp3) is 0.875. The molecule has 0 bridgehead atoms. The molecule has 3 heteroatoms. The molecule has 0 saturated carbocycles. The first-order valence-electron chi connectivity index (χ1n) is 4.07. The molecular formula is C8H17NO2. The van der Waals surface area contributed by atoms with Crippen molar-refractivity contribution in [2.75, 3.05) is 20.2 Å². The first-order chi connectivity index (χ1) is 5.22. The Bertz CT molecular complexity index is 113. The second-order valence-corrected chi connectivity index (χ2v) is 2.64. The smallest absolute Gasteiger partial charge is 0.222 e. The molecule has 1 rings (SSSR count). The Morgan fingerprint density at radius 1 is 1.64 bits per heavy atom. The van der Waals surface area contributed by atoms with Crippen LogP contribution >= 0.6 is 0 Å². The maximum absolute atomic E-state index is 10.5. The highest BCUT2D eigenvalue weighted by Gasteiger charge is 2.14. The van der Waals surface area contributed by atoms with Crippen molar-refractivity contribution in [2.45, 2.75) is 26.2 Å². The van der Waals surface area contributed by atoms with E-state index in [-0.39, 0.29) is 0 Å². The quantitative estimate of drug-likeness (QED) is 0.609. The number of amides is 1. The fourth-order valence-electron chi connectivity index (χ4n) is 0.783. The number of likely N-dealkylation sites (tertiary alicyclic amines) is 1. The van der Waals surface area contributed by atoms with Crippen molar-refractivity contribution >= 4 is 5.91 Å². The molecule has 1 heterocycles. The van der Waals surface area contributed by atoms with E-state index in [0.717, 1.165) is 25.8 Å². The summed E-state index contributed by atoms with van der Waals surface area (Å²) in [7, 11) is 1.84. The summed E-state index contributed by atoms with van der Waals surface area (Å²) in [6.07, 6.45) is 2.69. The van der Waals surface area contributed by atoms with Crippen LogP contribution in [-0.2, 0) is 4.79 Å². The molecule has 0 atom stereocenters. The Kier molecular flexibility index (Phi) is 5.84. The average molecular weight is 159 g/mol. The van der Waals surface area contributed by atoms with Gasteiger partial charge in [-0.3, -0.25) is 4.79 Å². The molecule has 11 heavy (non-hydrogen) atoms. The van der Waals surface area contributed by atoms with E-state index < -0.39 is 0 Å². The third-order valence-electron chi connectivity index (χ3n) is 1.53. The van der Waals surface area contributed by atoms with E-state index in [4.69, 9.17) is 5.11 Å². The number of carbonyl (C=O) groups excluding carboxylic acids is 1. The van der Waals surface area contributed by atoms with Crippen molar-refractivity contribution in [1.82, 2.24) is 4.90 Å². The van der Waals surface area contributed by atoms with Crippen molar-refractivity contribution in [3.05, 3.63) is 0 Å². The molecule has 1 saturated heterocycles. The number of hydrogen-bond donors (Lipinski definition) is 1. The lowest BCUT2D eigenvalue weighted by molar-refractivity contribution is -0.126. The minimum atomic E-state index is 0.292. The van der Waals surface area contributed by atoms with Gasteiger partial charge in [-0.2, -0.15) is 0 Å². The summed E-state index contributed by atoms with van der Waals surface area (Å²) in [6.45, 7) is 3.21. The third kappa shape index (κ3) is 4.79. The normalized spacial score (nSPS) is 16.3. The summed E-state index contributed by atoms with van der Waals surface area (Å²) in [6, 6.07) is 0. The summed E-state index contributed by atoms with van der Waals surface area (Å²) >= 11 is 0. The lowest BCUT2D eigenvalue weighted by Crippen LogP contribution is -2.17. The zero-order valence-electron chi connectivity index (χ0n) is 7.34. The molecule has 3 nitrogen and oxygen atoms in total. The zero-order valence-corrected chi connectivity index (χ0v) is 7.34. The summed E-state index contributed by atoms with van der Waals surface area (Å²) in [5, 5.41) is 7.88. The van der Waals surface area contributed by atoms with E-state index in [0.29, 0.717) is 12.5 Å². The van der Waals surface area contributed by atoms with E-state index in [1.165, 1.54) is 0 Å². The topological polar surface area (TPSA) is 40.5 Å². The maximum atomic E-state index is 10.5. The van der Waals surface area contributed by atoms with E-state index in [9.17, 15) is 4.79 Å². The molecule has 0 aromatic heterocycles. The summed E-state index contributed by atoms with van der Waals surface area (Å²) < 4.78 is 0. The highest BCUT2D eigenvalue weighted by atomic mass is 16.2. The van der Waals surface area contributed by atoms with Gasteiger partial charge in [0.15, 0.2) is 0 Å². The molecule has 66 valence electrons. The zero-order chi connectivity index (χ0) is 8.69. The van der Waals surface area contributed by atoms with Crippen LogP contribution in [0.15, 0.2) is 0 Å². The SMILES string of the molecule is CCCO.CN1CCCC1=O. The lowest BCUT2D eigenvalue weighted by Gasteiger charge is -2.03. The molecule has 0 aliphatic carbocycles. The van der Waals surface area contributed by atoms with Crippen LogP contribution in [0.25, 0.3) is 0 Å². The van der Waals surface area contributed by atoms with Crippen LogP contribution in [0.3, 0.4) is 0 Å². The highest BCUT2D eigenvalue weighted by molar-refractivity contribution is 5.77. The number of hydrogen-bond acceptors (Lipinski definition) is 2. The largest absolute Gasteiger partial charge is 0.396 e. The molecule has 1 N–H and O–H groups in total. The molecule has 1 aliphatic rings. The molecule has 1 amide bonds. The van der Waals surface area contributed by atoms with Crippen LogP contribution < -0.4 is 0 Å². The van der Waals surface area contributed by atoms with Gasteiger partial charge in [0, 0.05) is 26.6 Å². The fourth-order valence-corrected chi connectivity index (χ4v) is 0.783. The highest BCUT2D eigenvalue weighted by Crippen LogP contribution is 2.04. The number of aliphatic hydroxyl groups excluding tert-OH is 1. The van der Waals surface area contributed by atoms with Gasteiger partial charge in [-0.15, -0.1) is 0 Å². The van der Waals surface area contributed by atoms with Gasteiger partial charge in [-0.1, -0.05) is 6.92 Å². The van der Waals surface area contributed by atoms with Crippen LogP contribution in [0, 0.1) is 0 Å². The molecule has 1 aliphatic heterocycles. The number of nitrogens with zero attached hydrogens (tertiary/aromatic N) is 1. The van der Waals surface area contributed by atoms with Crippen molar-refractivity contribution in [2.24, 2.45) is 0 Å². The van der Waals surface area contributed by atoms with Gasteiger partial charge in [0.1, 0.15) is 0 Å². The van der Waals surface area contributed by atoms with E-state index in [2.05, 4.69) is 0 Å². The molecule has 0 unspecified atom stereocenters. The van der Waals surface area contributed by atoms with Crippen molar-refractivity contribution in [1.29, 1.82) is 0 Å². The van der Waals surface area contributed by atoms with Gasteiger partial charge in [0.2, 0.25) is 5.91 Å². The summed E-state index contributed by atoms with van der Waals surface area (Å²) in [5.74, 6) is 0.292. The Labute approximate surface area is 68.0 Å². The molecule has 0 aromatic rings. The Morgan fingerprint density at radius 2 is 2.18 bits per heavy atom. The third-order valence-corrected chi connectivity index (χ3v) is 1.53. The van der Waals surface area contributed by atoms with Gasteiger partial charge in [-0.25, -0.2) is 0 Å². The van der Waals surface area contributed by atoms with Gasteiger partial charge in [-0.05, 0) is 12.8 Å². The number of aliphatic hydroxyl groups is 1. The average Bonchev–Trinajstić information content (AvgIpc) is 2.37. The van der Waals surface area contributed by atoms with E-state index >= 15 is 0 Å². The standard InChI is InChI=1S/C5H9NO.C3H8O/c1-6-4-2-3-5(6)7;1-2-3-4/h2-4H2,1H3;4H,2-3H2,1H3. The Morgan fingerprint density at radius 3 is 2.27 bits per heavy atom. The van der Waals surface area contributed by atoms with Crippen LogP contribution in [0.4, 0.5) is 0 Å².